The second-order valence-corrected chi connectivity index (χ2v) is 3.56. The van der Waals surface area contributed by atoms with Gasteiger partial charge in [-0.3, -0.25) is 0 Å². The summed E-state index contributed by atoms with van der Waals surface area (Å²) in [5, 5.41) is 3.15. The smallest absolute Gasteiger partial charge is 0.0563 e. The summed E-state index contributed by atoms with van der Waals surface area (Å²) in [6.07, 6.45) is 4.14. The normalized spacial score (nSPS) is 12.0. The molecule has 0 fully saturated rings. The van der Waals surface area contributed by atoms with Gasteiger partial charge in [-0.25, -0.2) is 0 Å². The topological polar surface area (TPSA) is 12.0 Å². The van der Waals surface area contributed by atoms with Crippen molar-refractivity contribution < 1.29 is 0 Å². The predicted octanol–water partition coefficient (Wildman–Crippen LogP) is 3.11. The first-order chi connectivity index (χ1) is 6.17. The Bertz CT molecular complexity index is 197. The van der Waals surface area contributed by atoms with E-state index in [1.165, 1.54) is 0 Å². The maximum atomic E-state index is 3.74. The second-order valence-electron chi connectivity index (χ2n) is 3.56. The molecule has 1 unspecified atom stereocenters. The maximum absolute atomic E-state index is 3.74. The van der Waals surface area contributed by atoms with Gasteiger partial charge in [0, 0.05) is 13.0 Å². The van der Waals surface area contributed by atoms with Crippen molar-refractivity contribution in [2.75, 3.05) is 7.05 Å². The second kappa shape index (κ2) is 6.56. The van der Waals surface area contributed by atoms with Gasteiger partial charge in [-0.1, -0.05) is 26.5 Å². The first-order valence-electron chi connectivity index (χ1n) is 4.86. The molecule has 1 nitrogen and oxygen atoms in total. The summed E-state index contributed by atoms with van der Waals surface area (Å²) in [7, 11) is 1.93. The maximum Gasteiger partial charge on any atom is 0.0563 e. The molecular formula is C12H21N. The zero-order valence-electron chi connectivity index (χ0n) is 9.06. The van der Waals surface area contributed by atoms with Crippen LogP contribution in [0.3, 0.4) is 0 Å². The molecular weight excluding hydrogens is 158 g/mol. The van der Waals surface area contributed by atoms with E-state index in [1.807, 2.05) is 13.1 Å². The van der Waals surface area contributed by atoms with Gasteiger partial charge in [-0.15, -0.1) is 12.3 Å². The van der Waals surface area contributed by atoms with E-state index in [2.05, 4.69) is 38.1 Å². The van der Waals surface area contributed by atoms with Gasteiger partial charge < -0.3 is 5.32 Å². The monoisotopic (exact) mass is 179 g/mol. The van der Waals surface area contributed by atoms with Gasteiger partial charge in [0.1, 0.15) is 0 Å². The first-order valence-corrected chi connectivity index (χ1v) is 4.86. The van der Waals surface area contributed by atoms with Crippen LogP contribution in [0.2, 0.25) is 0 Å². The van der Waals surface area contributed by atoms with E-state index in [-0.39, 0.29) is 0 Å². The lowest BCUT2D eigenvalue weighted by atomic mass is 9.88. The van der Waals surface area contributed by atoms with Crippen LogP contribution in [0.5, 0.6) is 0 Å². The Kier molecular flexibility index (Phi) is 6.09. The molecule has 1 heteroatoms. The van der Waals surface area contributed by atoms with E-state index in [1.54, 1.807) is 0 Å². The predicted molar refractivity (Wildman–Crippen MR) is 59.5 cm³/mol. The quantitative estimate of drug-likeness (QED) is 0.488. The molecule has 13 heavy (non-hydrogen) atoms. The molecule has 0 saturated carbocycles. The minimum absolute atomic E-state index is 0.528. The fraction of sp³-hybridized carbons (Fsp3) is 0.583. The minimum Gasteiger partial charge on any atom is -0.385 e. The zero-order chi connectivity index (χ0) is 10.3. The van der Waals surface area contributed by atoms with Crippen molar-refractivity contribution in [2.24, 2.45) is 11.8 Å². The summed E-state index contributed by atoms with van der Waals surface area (Å²) in [6, 6.07) is 0. The lowest BCUT2D eigenvalue weighted by Crippen LogP contribution is -2.20. The highest BCUT2D eigenvalue weighted by Gasteiger charge is 2.15. The molecule has 0 aromatic carbocycles. The Balaban J connectivity index is 4.39. The molecule has 0 aliphatic carbocycles. The summed E-state index contributed by atoms with van der Waals surface area (Å²) in [5.41, 5.74) is 4.09. The summed E-state index contributed by atoms with van der Waals surface area (Å²) in [5.74, 6) is 1.15. The van der Waals surface area contributed by atoms with E-state index < -0.39 is 0 Å². The van der Waals surface area contributed by atoms with Gasteiger partial charge in [0.25, 0.3) is 0 Å². The molecule has 0 saturated heterocycles. The van der Waals surface area contributed by atoms with Crippen LogP contribution in [0.4, 0.5) is 0 Å². The first kappa shape index (κ1) is 12.1. The molecule has 74 valence electrons. The summed E-state index contributed by atoms with van der Waals surface area (Å²) >= 11 is 0. The molecule has 0 rings (SSSR count). The molecule has 0 aromatic rings. The zero-order valence-corrected chi connectivity index (χ0v) is 9.06. The van der Waals surface area contributed by atoms with Crippen LogP contribution in [0, 0.1) is 11.8 Å². The average molecular weight is 179 g/mol. The summed E-state index contributed by atoms with van der Waals surface area (Å²) in [4.78, 5) is 0. The van der Waals surface area contributed by atoms with Crippen molar-refractivity contribution in [3.8, 4) is 0 Å². The average Bonchev–Trinajstić information content (AvgIpc) is 2.11. The van der Waals surface area contributed by atoms with E-state index in [9.17, 15) is 0 Å². The van der Waals surface area contributed by atoms with Crippen molar-refractivity contribution >= 4 is 0 Å². The van der Waals surface area contributed by atoms with Crippen molar-refractivity contribution in [3.05, 3.63) is 30.7 Å². The molecule has 1 N–H and O–H groups in total. The highest BCUT2D eigenvalue weighted by Crippen LogP contribution is 2.23. The van der Waals surface area contributed by atoms with Crippen molar-refractivity contribution in [1.29, 1.82) is 0 Å². The van der Waals surface area contributed by atoms with Gasteiger partial charge >= 0.3 is 0 Å². The van der Waals surface area contributed by atoms with Gasteiger partial charge in [0.15, 0.2) is 0 Å². The lowest BCUT2D eigenvalue weighted by Gasteiger charge is -2.21. The van der Waals surface area contributed by atoms with Crippen LogP contribution < -0.4 is 5.32 Å². The van der Waals surface area contributed by atoms with Gasteiger partial charge in [0.2, 0.25) is 0 Å². The minimum atomic E-state index is 0.528. The third kappa shape index (κ3) is 4.00. The number of hydrogen-bond donors (Lipinski definition) is 1. The molecule has 0 amide bonds. The van der Waals surface area contributed by atoms with E-state index in [4.69, 9.17) is 0 Å². The Labute approximate surface area is 82.2 Å². The van der Waals surface area contributed by atoms with Crippen molar-refractivity contribution in [3.63, 3.8) is 0 Å². The SMILES string of the molecule is C=C=C(NC)C(CCC=C)C(C)C. The fourth-order valence-corrected chi connectivity index (χ4v) is 1.51. The van der Waals surface area contributed by atoms with Crippen LogP contribution in [0.25, 0.3) is 0 Å². The standard InChI is InChI=1S/C12H21N/c1-6-8-9-11(10(3)4)12(7-2)13-5/h6,10-11,13H,1-2,8-9H2,3-5H3. The highest BCUT2D eigenvalue weighted by molar-refractivity contribution is 5.02. The number of hydrogen-bond acceptors (Lipinski definition) is 1. The van der Waals surface area contributed by atoms with Crippen LogP contribution in [0.15, 0.2) is 30.7 Å². The number of allylic oxidation sites excluding steroid dienone is 2. The summed E-state index contributed by atoms with van der Waals surface area (Å²) < 4.78 is 0. The van der Waals surface area contributed by atoms with Crippen LogP contribution in [-0.2, 0) is 0 Å². The van der Waals surface area contributed by atoms with Gasteiger partial charge in [0.05, 0.1) is 5.70 Å². The van der Waals surface area contributed by atoms with Gasteiger partial charge in [-0.05, 0) is 18.8 Å². The third-order valence-corrected chi connectivity index (χ3v) is 2.32. The van der Waals surface area contributed by atoms with Crippen LogP contribution in [-0.4, -0.2) is 7.05 Å². The Morgan fingerprint density at radius 3 is 2.46 bits per heavy atom. The molecule has 0 spiro atoms. The third-order valence-electron chi connectivity index (χ3n) is 2.32. The molecule has 1 atom stereocenters. The van der Waals surface area contributed by atoms with E-state index in [0.717, 1.165) is 18.5 Å². The summed E-state index contributed by atoms with van der Waals surface area (Å²) in [6.45, 7) is 11.9. The van der Waals surface area contributed by atoms with Crippen molar-refractivity contribution in [1.82, 2.24) is 5.32 Å². The Morgan fingerprint density at radius 2 is 2.15 bits per heavy atom. The number of rotatable bonds is 6. The van der Waals surface area contributed by atoms with E-state index in [0.29, 0.717) is 11.8 Å². The van der Waals surface area contributed by atoms with Crippen LogP contribution in [0.1, 0.15) is 26.7 Å². The van der Waals surface area contributed by atoms with E-state index >= 15 is 0 Å². The Hall–Kier alpha value is -0.940. The molecule has 0 bridgehead atoms. The molecule has 0 aliphatic rings. The molecule has 0 aromatic heterocycles. The molecule has 0 aliphatic heterocycles. The molecule has 0 radical (unpaired) electrons. The number of nitrogens with one attached hydrogen (secondary N) is 1. The largest absolute Gasteiger partial charge is 0.385 e. The fourth-order valence-electron chi connectivity index (χ4n) is 1.51. The van der Waals surface area contributed by atoms with Crippen LogP contribution >= 0.6 is 0 Å². The van der Waals surface area contributed by atoms with Gasteiger partial charge in [-0.2, -0.15) is 0 Å². The molecule has 0 heterocycles. The highest BCUT2D eigenvalue weighted by atomic mass is 14.8. The lowest BCUT2D eigenvalue weighted by molar-refractivity contribution is 0.402. The van der Waals surface area contributed by atoms with Crippen molar-refractivity contribution in [2.45, 2.75) is 26.7 Å². The Morgan fingerprint density at radius 1 is 1.54 bits per heavy atom.